The average molecular weight is 406 g/mol. The van der Waals surface area contributed by atoms with Crippen LogP contribution in [0.25, 0.3) is 22.8 Å². The Labute approximate surface area is 161 Å². The topological polar surface area (TPSA) is 90.7 Å². The van der Waals surface area contributed by atoms with Crippen molar-refractivity contribution in [1.29, 1.82) is 0 Å². The Hall–Kier alpha value is -2.42. The van der Waals surface area contributed by atoms with Gasteiger partial charge in [0.05, 0.1) is 10.8 Å². The zero-order chi connectivity index (χ0) is 17.9. The number of pyridine rings is 1. The van der Waals surface area contributed by atoms with Crippen LogP contribution in [0.15, 0.2) is 56.9 Å². The second-order valence-corrected chi connectivity index (χ2v) is 6.80. The molecule has 1 aromatic carbocycles. The zero-order valence-electron chi connectivity index (χ0n) is 13.0. The lowest BCUT2D eigenvalue weighted by atomic mass is 10.2. The summed E-state index contributed by atoms with van der Waals surface area (Å²) in [7, 11) is 0. The number of halogens is 2. The lowest BCUT2D eigenvalue weighted by molar-refractivity contribution is 0.391. The first-order chi connectivity index (χ1) is 12.7. The third kappa shape index (κ3) is 3.72. The highest BCUT2D eigenvalue weighted by Gasteiger charge is 2.15. The van der Waals surface area contributed by atoms with Crippen LogP contribution in [0.2, 0.25) is 10.0 Å². The molecule has 0 aliphatic rings. The monoisotopic (exact) mass is 405 g/mol. The van der Waals surface area contributed by atoms with Gasteiger partial charge in [0.15, 0.2) is 0 Å². The summed E-state index contributed by atoms with van der Waals surface area (Å²) in [6.07, 6.45) is 3.32. The second-order valence-electron chi connectivity index (χ2n) is 5.03. The number of hydrogen-bond donors (Lipinski definition) is 0. The number of thioether (sulfide) groups is 1. The van der Waals surface area contributed by atoms with Gasteiger partial charge in [-0.05, 0) is 30.3 Å². The molecule has 26 heavy (non-hydrogen) atoms. The van der Waals surface area contributed by atoms with Gasteiger partial charge in [-0.3, -0.25) is 4.98 Å². The molecule has 0 fully saturated rings. The fourth-order valence-electron chi connectivity index (χ4n) is 2.09. The van der Waals surface area contributed by atoms with E-state index in [-0.39, 0.29) is 0 Å². The van der Waals surface area contributed by atoms with Gasteiger partial charge in [-0.15, -0.1) is 10.2 Å². The van der Waals surface area contributed by atoms with Crippen molar-refractivity contribution in [3.05, 3.63) is 58.7 Å². The van der Waals surface area contributed by atoms with Gasteiger partial charge in [0.25, 0.3) is 5.22 Å². The third-order valence-corrected chi connectivity index (χ3v) is 4.66. The molecule has 0 saturated heterocycles. The molecule has 0 bridgehead atoms. The highest BCUT2D eigenvalue weighted by molar-refractivity contribution is 7.98. The van der Waals surface area contributed by atoms with Crippen LogP contribution in [0, 0.1) is 0 Å². The summed E-state index contributed by atoms with van der Waals surface area (Å²) in [6, 6.07) is 8.65. The maximum absolute atomic E-state index is 6.15. The smallest absolute Gasteiger partial charge is 0.277 e. The molecule has 130 valence electrons. The van der Waals surface area contributed by atoms with Crippen molar-refractivity contribution < 1.29 is 8.94 Å². The fourth-order valence-corrected chi connectivity index (χ4v) is 3.07. The Morgan fingerprint density at radius 3 is 2.73 bits per heavy atom. The maximum atomic E-state index is 6.15. The van der Waals surface area contributed by atoms with E-state index in [0.717, 1.165) is 5.56 Å². The van der Waals surface area contributed by atoms with Crippen LogP contribution < -0.4 is 0 Å². The molecule has 0 spiro atoms. The Morgan fingerprint density at radius 2 is 1.88 bits per heavy atom. The van der Waals surface area contributed by atoms with E-state index in [4.69, 9.17) is 32.1 Å². The number of hydrogen-bond acceptors (Lipinski definition) is 8. The van der Waals surface area contributed by atoms with Crippen LogP contribution in [0.5, 0.6) is 0 Å². The Bertz CT molecular complexity index is 1040. The highest BCUT2D eigenvalue weighted by Crippen LogP contribution is 2.30. The summed E-state index contributed by atoms with van der Waals surface area (Å²) in [5, 5.41) is 13.4. The molecule has 0 N–H and O–H groups in total. The average Bonchev–Trinajstić information content (AvgIpc) is 3.32. The van der Waals surface area contributed by atoms with Gasteiger partial charge in [-0.2, -0.15) is 4.98 Å². The summed E-state index contributed by atoms with van der Waals surface area (Å²) in [4.78, 5) is 8.27. The number of benzene rings is 1. The van der Waals surface area contributed by atoms with Gasteiger partial charge in [0, 0.05) is 28.5 Å². The van der Waals surface area contributed by atoms with Crippen molar-refractivity contribution in [1.82, 2.24) is 25.3 Å². The van der Waals surface area contributed by atoms with E-state index in [9.17, 15) is 0 Å². The second kappa shape index (κ2) is 7.45. The predicted molar refractivity (Wildman–Crippen MR) is 96.8 cm³/mol. The first-order valence-electron chi connectivity index (χ1n) is 7.34. The van der Waals surface area contributed by atoms with Crippen LogP contribution in [-0.4, -0.2) is 25.3 Å². The number of aromatic nitrogens is 5. The van der Waals surface area contributed by atoms with Crippen LogP contribution in [0.1, 0.15) is 5.89 Å². The van der Waals surface area contributed by atoms with Gasteiger partial charge >= 0.3 is 0 Å². The van der Waals surface area contributed by atoms with E-state index in [1.807, 2.05) is 0 Å². The Kier molecular flexibility index (Phi) is 4.87. The molecule has 3 heterocycles. The first kappa shape index (κ1) is 17.0. The number of nitrogens with zero attached hydrogens (tertiary/aromatic N) is 5. The van der Waals surface area contributed by atoms with Gasteiger partial charge in [0.1, 0.15) is 0 Å². The van der Waals surface area contributed by atoms with E-state index in [0.29, 0.717) is 44.2 Å². The van der Waals surface area contributed by atoms with Crippen molar-refractivity contribution >= 4 is 35.0 Å². The molecule has 4 rings (SSSR count). The zero-order valence-corrected chi connectivity index (χ0v) is 15.3. The fraction of sp³-hybridized carbons (Fsp3) is 0.0625. The van der Waals surface area contributed by atoms with Crippen molar-refractivity contribution in [2.45, 2.75) is 11.0 Å². The minimum atomic E-state index is 0.371. The highest BCUT2D eigenvalue weighted by atomic mass is 35.5. The molecule has 10 heteroatoms. The van der Waals surface area contributed by atoms with Crippen LogP contribution in [0.4, 0.5) is 0 Å². The van der Waals surface area contributed by atoms with Crippen LogP contribution in [0.3, 0.4) is 0 Å². The lowest BCUT2D eigenvalue weighted by Gasteiger charge is -1.98. The molecular weight excluding hydrogens is 397 g/mol. The summed E-state index contributed by atoms with van der Waals surface area (Å²) < 4.78 is 10.8. The summed E-state index contributed by atoms with van der Waals surface area (Å²) >= 11 is 13.4. The quantitative estimate of drug-likeness (QED) is 0.438. The van der Waals surface area contributed by atoms with Crippen LogP contribution in [-0.2, 0) is 5.75 Å². The molecule has 0 unspecified atom stereocenters. The maximum Gasteiger partial charge on any atom is 0.277 e. The molecule has 0 aliphatic heterocycles. The molecule has 0 aliphatic carbocycles. The molecule has 0 atom stereocenters. The van der Waals surface area contributed by atoms with E-state index in [1.165, 1.54) is 11.8 Å². The summed E-state index contributed by atoms with van der Waals surface area (Å²) in [5.74, 6) is 1.58. The molecule has 4 aromatic rings. The van der Waals surface area contributed by atoms with E-state index < -0.39 is 0 Å². The van der Waals surface area contributed by atoms with Gasteiger partial charge in [-0.1, -0.05) is 40.1 Å². The molecule has 0 saturated carbocycles. The van der Waals surface area contributed by atoms with E-state index in [2.05, 4.69) is 25.3 Å². The van der Waals surface area contributed by atoms with Crippen molar-refractivity contribution in [3.63, 3.8) is 0 Å². The first-order valence-corrected chi connectivity index (χ1v) is 9.08. The number of rotatable bonds is 5. The van der Waals surface area contributed by atoms with Crippen molar-refractivity contribution in [2.75, 3.05) is 0 Å². The Balaban J connectivity index is 1.46. The largest absolute Gasteiger partial charge is 0.411 e. The predicted octanol–water partition coefficient (Wildman–Crippen LogP) is 4.78. The minimum absolute atomic E-state index is 0.371. The molecule has 0 radical (unpaired) electrons. The SMILES string of the molecule is Clc1ccc(Cl)c(-c2noc(CSc3nnc(-c4ccncc4)o3)n2)c1. The molecule has 3 aromatic heterocycles. The van der Waals surface area contributed by atoms with E-state index in [1.54, 1.807) is 42.7 Å². The normalized spacial score (nSPS) is 11.0. The van der Waals surface area contributed by atoms with Crippen LogP contribution >= 0.6 is 35.0 Å². The van der Waals surface area contributed by atoms with Crippen molar-refractivity contribution in [3.8, 4) is 22.8 Å². The van der Waals surface area contributed by atoms with Gasteiger partial charge in [-0.25, -0.2) is 0 Å². The molecular formula is C16H9Cl2N5O2S. The van der Waals surface area contributed by atoms with E-state index >= 15 is 0 Å². The summed E-state index contributed by atoms with van der Waals surface area (Å²) in [5.41, 5.74) is 1.41. The van der Waals surface area contributed by atoms with Crippen molar-refractivity contribution in [2.24, 2.45) is 0 Å². The van der Waals surface area contributed by atoms with Gasteiger partial charge < -0.3 is 8.94 Å². The lowest BCUT2D eigenvalue weighted by Crippen LogP contribution is -1.84. The Morgan fingerprint density at radius 1 is 1.04 bits per heavy atom. The standard InChI is InChI=1S/C16H9Cl2N5O2S/c17-10-1-2-12(18)11(7-10)14-20-13(25-23-14)8-26-16-22-21-15(24-16)9-3-5-19-6-4-9/h1-7H,8H2. The summed E-state index contributed by atoms with van der Waals surface area (Å²) in [6.45, 7) is 0. The van der Waals surface area contributed by atoms with Gasteiger partial charge in [0.2, 0.25) is 17.6 Å². The minimum Gasteiger partial charge on any atom is -0.411 e. The molecule has 7 nitrogen and oxygen atoms in total. The molecule has 0 amide bonds. The third-order valence-electron chi connectivity index (χ3n) is 3.29.